The van der Waals surface area contributed by atoms with Gasteiger partial charge >= 0.3 is 0 Å². The van der Waals surface area contributed by atoms with Gasteiger partial charge in [-0.1, -0.05) is 38.8 Å². The van der Waals surface area contributed by atoms with E-state index in [4.69, 9.17) is 0 Å². The topological polar surface area (TPSA) is 46.8 Å². The maximum atomic E-state index is 13.3. The Kier molecular flexibility index (Phi) is 5.00. The maximum Gasteiger partial charge on any atom is 0.173 e. The van der Waals surface area contributed by atoms with E-state index < -0.39 is 0 Å². The second-order valence-corrected chi connectivity index (χ2v) is 6.10. The second kappa shape index (κ2) is 7.17. The van der Waals surface area contributed by atoms with Crippen LogP contribution in [-0.2, 0) is 0 Å². The number of halogens is 1. The molecule has 3 rings (SSSR count). The molecule has 2 aromatic rings. The number of tetrazole rings is 1. The molecule has 0 saturated heterocycles. The smallest absolute Gasteiger partial charge is 0.173 e. The summed E-state index contributed by atoms with van der Waals surface area (Å²) in [7, 11) is 0. The van der Waals surface area contributed by atoms with Crippen molar-refractivity contribution in [1.82, 2.24) is 25.1 Å². The molecule has 1 heterocycles. The summed E-state index contributed by atoms with van der Waals surface area (Å²) in [6, 6.07) is 7.04. The van der Waals surface area contributed by atoms with Crippen molar-refractivity contribution in [3.05, 3.63) is 41.5 Å². The summed E-state index contributed by atoms with van der Waals surface area (Å²) in [5.41, 5.74) is 1.03. The zero-order valence-corrected chi connectivity index (χ0v) is 13.8. The zero-order valence-electron chi connectivity index (χ0n) is 13.8. The molecule has 1 aliphatic rings. The van der Waals surface area contributed by atoms with Crippen molar-refractivity contribution < 1.29 is 4.39 Å². The van der Waals surface area contributed by atoms with Crippen molar-refractivity contribution in [2.45, 2.75) is 51.6 Å². The first kappa shape index (κ1) is 16.1. The molecule has 0 aliphatic heterocycles. The Hall–Kier alpha value is -1.82. The van der Waals surface area contributed by atoms with Crippen molar-refractivity contribution in [3.63, 3.8) is 0 Å². The molecule has 0 amide bonds. The fraction of sp³-hybridized carbons (Fsp3) is 0.588. The van der Waals surface area contributed by atoms with E-state index in [2.05, 4.69) is 34.3 Å². The van der Waals surface area contributed by atoms with E-state index >= 15 is 0 Å². The average Bonchev–Trinajstić information content (AvgIpc) is 3.24. The van der Waals surface area contributed by atoms with Crippen LogP contribution in [0.1, 0.15) is 63.0 Å². The highest BCUT2D eigenvalue weighted by Crippen LogP contribution is 2.33. The molecule has 0 bridgehead atoms. The van der Waals surface area contributed by atoms with Gasteiger partial charge in [-0.2, -0.15) is 0 Å². The Morgan fingerprint density at radius 3 is 2.43 bits per heavy atom. The quantitative estimate of drug-likeness (QED) is 0.819. The van der Waals surface area contributed by atoms with Gasteiger partial charge in [-0.05, 0) is 54.1 Å². The van der Waals surface area contributed by atoms with Gasteiger partial charge in [-0.15, -0.1) is 5.10 Å². The zero-order chi connectivity index (χ0) is 16.2. The Morgan fingerprint density at radius 1 is 1.17 bits per heavy atom. The van der Waals surface area contributed by atoms with Gasteiger partial charge in [0, 0.05) is 0 Å². The third kappa shape index (κ3) is 3.27. The van der Waals surface area contributed by atoms with Gasteiger partial charge in [-0.3, -0.25) is 4.90 Å². The molecule has 1 aromatic heterocycles. The van der Waals surface area contributed by atoms with Crippen LogP contribution >= 0.6 is 0 Å². The number of aromatic nitrogens is 4. The van der Waals surface area contributed by atoms with Crippen molar-refractivity contribution in [2.24, 2.45) is 0 Å². The SMILES string of the molecule is CCN(CC)C(c1ccc(F)cc1)c1nnnn1C1CCCC1. The molecule has 1 saturated carbocycles. The van der Waals surface area contributed by atoms with Crippen LogP contribution < -0.4 is 0 Å². The molecule has 5 nitrogen and oxygen atoms in total. The Labute approximate surface area is 136 Å². The van der Waals surface area contributed by atoms with E-state index in [1.54, 1.807) is 0 Å². The van der Waals surface area contributed by atoms with Crippen LogP contribution in [0, 0.1) is 5.82 Å². The molecular formula is C17H24FN5. The first-order valence-electron chi connectivity index (χ1n) is 8.51. The van der Waals surface area contributed by atoms with Crippen LogP contribution in [0.15, 0.2) is 24.3 Å². The predicted molar refractivity (Wildman–Crippen MR) is 86.5 cm³/mol. The third-order valence-corrected chi connectivity index (χ3v) is 4.80. The molecular weight excluding hydrogens is 293 g/mol. The van der Waals surface area contributed by atoms with Gasteiger partial charge in [0.15, 0.2) is 5.82 Å². The van der Waals surface area contributed by atoms with E-state index in [0.29, 0.717) is 6.04 Å². The summed E-state index contributed by atoms with van der Waals surface area (Å²) in [5.74, 6) is 0.648. The molecule has 1 unspecified atom stereocenters. The molecule has 23 heavy (non-hydrogen) atoms. The largest absolute Gasteiger partial charge is 0.290 e. The molecule has 1 atom stereocenters. The van der Waals surface area contributed by atoms with Crippen molar-refractivity contribution in [3.8, 4) is 0 Å². The first-order chi connectivity index (χ1) is 11.2. The summed E-state index contributed by atoms with van der Waals surface area (Å²) in [6.45, 7) is 6.03. The van der Waals surface area contributed by atoms with E-state index in [0.717, 1.165) is 37.3 Å². The van der Waals surface area contributed by atoms with Gasteiger partial charge in [0.2, 0.25) is 0 Å². The highest BCUT2D eigenvalue weighted by atomic mass is 19.1. The van der Waals surface area contributed by atoms with Crippen LogP contribution in [0.25, 0.3) is 0 Å². The van der Waals surface area contributed by atoms with Crippen LogP contribution in [0.3, 0.4) is 0 Å². The lowest BCUT2D eigenvalue weighted by Crippen LogP contribution is -2.32. The molecule has 0 radical (unpaired) electrons. The molecule has 1 aromatic carbocycles. The fourth-order valence-electron chi connectivity index (χ4n) is 3.55. The summed E-state index contributed by atoms with van der Waals surface area (Å²) < 4.78 is 15.3. The molecule has 0 N–H and O–H groups in total. The number of hydrogen-bond donors (Lipinski definition) is 0. The van der Waals surface area contributed by atoms with Crippen LogP contribution in [0.2, 0.25) is 0 Å². The standard InChI is InChI=1S/C17H24FN5/c1-3-22(4-2)16(13-9-11-14(18)12-10-13)17-19-20-21-23(17)15-7-5-6-8-15/h9-12,15-16H,3-8H2,1-2H3. The molecule has 0 spiro atoms. The summed E-state index contributed by atoms with van der Waals surface area (Å²) in [6.07, 6.45) is 4.73. The number of nitrogens with zero attached hydrogens (tertiary/aromatic N) is 5. The van der Waals surface area contributed by atoms with E-state index in [1.807, 2.05) is 16.8 Å². The lowest BCUT2D eigenvalue weighted by Gasteiger charge is -2.30. The fourth-order valence-corrected chi connectivity index (χ4v) is 3.55. The first-order valence-corrected chi connectivity index (χ1v) is 8.51. The Balaban J connectivity index is 2.01. The highest BCUT2D eigenvalue weighted by molar-refractivity contribution is 5.25. The van der Waals surface area contributed by atoms with Gasteiger partial charge in [0.25, 0.3) is 0 Å². The minimum Gasteiger partial charge on any atom is -0.290 e. The molecule has 1 fully saturated rings. The van der Waals surface area contributed by atoms with Crippen molar-refractivity contribution >= 4 is 0 Å². The van der Waals surface area contributed by atoms with E-state index in [9.17, 15) is 4.39 Å². The van der Waals surface area contributed by atoms with Crippen molar-refractivity contribution in [1.29, 1.82) is 0 Å². The Bertz CT molecular complexity index is 614. The number of hydrogen-bond acceptors (Lipinski definition) is 4. The lowest BCUT2D eigenvalue weighted by atomic mass is 10.0. The van der Waals surface area contributed by atoms with Crippen molar-refractivity contribution in [2.75, 3.05) is 13.1 Å². The maximum absolute atomic E-state index is 13.3. The second-order valence-electron chi connectivity index (χ2n) is 6.10. The predicted octanol–water partition coefficient (Wildman–Crippen LogP) is 3.36. The minimum atomic E-state index is -0.220. The normalized spacial score (nSPS) is 17.0. The van der Waals surface area contributed by atoms with Gasteiger partial charge in [0.1, 0.15) is 5.82 Å². The highest BCUT2D eigenvalue weighted by Gasteiger charge is 2.30. The van der Waals surface area contributed by atoms with Crippen LogP contribution in [0.5, 0.6) is 0 Å². The lowest BCUT2D eigenvalue weighted by molar-refractivity contribution is 0.231. The van der Waals surface area contributed by atoms with Crippen LogP contribution in [0.4, 0.5) is 4.39 Å². The molecule has 1 aliphatic carbocycles. The summed E-state index contributed by atoms with van der Waals surface area (Å²) >= 11 is 0. The Morgan fingerprint density at radius 2 is 1.83 bits per heavy atom. The average molecular weight is 317 g/mol. The van der Waals surface area contributed by atoms with Gasteiger partial charge in [-0.25, -0.2) is 9.07 Å². The monoisotopic (exact) mass is 317 g/mol. The summed E-state index contributed by atoms with van der Waals surface area (Å²) in [5, 5.41) is 12.6. The van der Waals surface area contributed by atoms with Crippen LogP contribution in [-0.4, -0.2) is 38.2 Å². The van der Waals surface area contributed by atoms with E-state index in [1.165, 1.54) is 25.0 Å². The van der Waals surface area contributed by atoms with Gasteiger partial charge in [0.05, 0.1) is 12.1 Å². The third-order valence-electron chi connectivity index (χ3n) is 4.80. The minimum absolute atomic E-state index is 0.0406. The number of benzene rings is 1. The van der Waals surface area contributed by atoms with Gasteiger partial charge < -0.3 is 0 Å². The summed E-state index contributed by atoms with van der Waals surface area (Å²) in [4.78, 5) is 2.31. The molecule has 6 heteroatoms. The number of rotatable bonds is 6. The van der Waals surface area contributed by atoms with E-state index in [-0.39, 0.29) is 11.9 Å². The molecule has 124 valence electrons.